The normalized spacial score (nSPS) is 23.1. The lowest BCUT2D eigenvalue weighted by Crippen LogP contribution is -2.33. The van der Waals surface area contributed by atoms with Crippen LogP contribution < -0.4 is 10.2 Å². The van der Waals surface area contributed by atoms with E-state index < -0.39 is 6.09 Å². The van der Waals surface area contributed by atoms with E-state index in [2.05, 4.69) is 11.5 Å². The Hall–Kier alpha value is -2.75. The van der Waals surface area contributed by atoms with Crippen molar-refractivity contribution in [1.82, 2.24) is 10.2 Å². The topological polar surface area (TPSA) is 85.7 Å². The second kappa shape index (κ2) is 6.79. The number of carbonyl (C=O) groups is 2. The van der Waals surface area contributed by atoms with E-state index in [1.807, 2.05) is 24.3 Å². The summed E-state index contributed by atoms with van der Waals surface area (Å²) in [6.07, 6.45) is 2.43. The molecule has 1 unspecified atom stereocenters. The van der Waals surface area contributed by atoms with E-state index >= 15 is 0 Å². The van der Waals surface area contributed by atoms with Crippen molar-refractivity contribution in [3.05, 3.63) is 29.8 Å². The van der Waals surface area contributed by atoms with Gasteiger partial charge in [0.1, 0.15) is 6.10 Å². The number of benzene rings is 1. The van der Waals surface area contributed by atoms with Gasteiger partial charge in [0.2, 0.25) is 5.91 Å². The van der Waals surface area contributed by atoms with Crippen molar-refractivity contribution in [3.63, 3.8) is 0 Å². The smallest absolute Gasteiger partial charge is 0.414 e. The molecule has 24 heavy (non-hydrogen) atoms. The summed E-state index contributed by atoms with van der Waals surface area (Å²) in [6.45, 7) is 3.72. The van der Waals surface area contributed by atoms with E-state index in [0.29, 0.717) is 19.0 Å². The van der Waals surface area contributed by atoms with Gasteiger partial charge in [-0.1, -0.05) is 12.1 Å². The van der Waals surface area contributed by atoms with Crippen LogP contribution >= 0.6 is 0 Å². The molecule has 2 aliphatic heterocycles. The van der Waals surface area contributed by atoms with Crippen LogP contribution in [0.4, 0.5) is 10.5 Å². The number of cyclic esters (lactones) is 1. The average molecular weight is 328 g/mol. The van der Waals surface area contributed by atoms with Crippen LogP contribution in [0.3, 0.4) is 0 Å². The molecule has 2 saturated heterocycles. The summed E-state index contributed by atoms with van der Waals surface area (Å²) in [5.41, 5.74) is 1.96. The number of amides is 2. The molecule has 1 N–H and O–H groups in total. The van der Waals surface area contributed by atoms with Gasteiger partial charge >= 0.3 is 6.09 Å². The van der Waals surface area contributed by atoms with Gasteiger partial charge < -0.3 is 15.0 Å². The SMILES string of the molecule is CC(=O)NC[C@H]1CN(c2ccc(C3CCN(C#N)C3)cc2)C(=O)O1. The molecule has 7 nitrogen and oxygen atoms in total. The maximum absolute atomic E-state index is 12.0. The third kappa shape index (κ3) is 3.43. The Kier molecular flexibility index (Phi) is 4.56. The lowest BCUT2D eigenvalue weighted by molar-refractivity contribution is -0.119. The number of ether oxygens (including phenoxy) is 1. The van der Waals surface area contributed by atoms with E-state index in [9.17, 15) is 9.59 Å². The van der Waals surface area contributed by atoms with Crippen LogP contribution in [0.15, 0.2) is 24.3 Å². The van der Waals surface area contributed by atoms with Gasteiger partial charge in [0.05, 0.1) is 13.1 Å². The summed E-state index contributed by atoms with van der Waals surface area (Å²) >= 11 is 0. The van der Waals surface area contributed by atoms with E-state index in [1.165, 1.54) is 12.5 Å². The molecule has 2 amide bonds. The van der Waals surface area contributed by atoms with Gasteiger partial charge in [-0.3, -0.25) is 9.69 Å². The van der Waals surface area contributed by atoms with Crippen molar-refractivity contribution in [2.24, 2.45) is 0 Å². The largest absolute Gasteiger partial charge is 0.442 e. The fourth-order valence-electron chi connectivity index (χ4n) is 3.15. The van der Waals surface area contributed by atoms with Gasteiger partial charge in [0.15, 0.2) is 6.19 Å². The first-order chi connectivity index (χ1) is 11.6. The molecule has 0 aliphatic carbocycles. The highest BCUT2D eigenvalue weighted by atomic mass is 16.6. The molecule has 0 aromatic heterocycles. The Labute approximate surface area is 140 Å². The number of anilines is 1. The number of hydrogen-bond donors (Lipinski definition) is 1. The third-order valence-corrected chi connectivity index (χ3v) is 4.46. The number of rotatable bonds is 4. The predicted octanol–water partition coefficient (Wildman–Crippen LogP) is 1.42. The highest BCUT2D eigenvalue weighted by molar-refractivity contribution is 5.89. The molecule has 0 spiro atoms. The van der Waals surface area contributed by atoms with Crippen LogP contribution in [-0.4, -0.2) is 49.2 Å². The zero-order chi connectivity index (χ0) is 17.1. The van der Waals surface area contributed by atoms with E-state index in [4.69, 9.17) is 10.00 Å². The lowest BCUT2D eigenvalue weighted by Gasteiger charge is -2.15. The van der Waals surface area contributed by atoms with E-state index in [-0.39, 0.29) is 12.0 Å². The maximum atomic E-state index is 12.0. The quantitative estimate of drug-likeness (QED) is 0.845. The van der Waals surface area contributed by atoms with Crippen LogP contribution in [0.5, 0.6) is 0 Å². The minimum Gasteiger partial charge on any atom is -0.442 e. The minimum atomic E-state index is -0.394. The van der Waals surface area contributed by atoms with Crippen LogP contribution in [0.2, 0.25) is 0 Å². The summed E-state index contributed by atoms with van der Waals surface area (Å²) in [7, 11) is 0. The molecule has 2 heterocycles. The van der Waals surface area contributed by atoms with Crippen molar-refractivity contribution in [1.29, 1.82) is 5.26 Å². The first kappa shape index (κ1) is 16.1. The fourth-order valence-corrected chi connectivity index (χ4v) is 3.15. The predicted molar refractivity (Wildman–Crippen MR) is 87.3 cm³/mol. The first-order valence-electron chi connectivity index (χ1n) is 8.04. The Bertz CT molecular complexity index is 667. The molecule has 0 radical (unpaired) electrons. The molecule has 2 fully saturated rings. The van der Waals surface area contributed by atoms with Crippen LogP contribution in [0, 0.1) is 11.5 Å². The zero-order valence-electron chi connectivity index (χ0n) is 13.6. The summed E-state index contributed by atoms with van der Waals surface area (Å²) in [6, 6.07) is 7.84. The Morgan fingerprint density at radius 2 is 2.12 bits per heavy atom. The van der Waals surface area contributed by atoms with Crippen molar-refractivity contribution >= 4 is 17.7 Å². The first-order valence-corrected chi connectivity index (χ1v) is 8.04. The molecule has 7 heteroatoms. The highest BCUT2D eigenvalue weighted by Crippen LogP contribution is 2.29. The second-order valence-electron chi connectivity index (χ2n) is 6.18. The van der Waals surface area contributed by atoms with Crippen molar-refractivity contribution in [2.75, 3.05) is 31.1 Å². The lowest BCUT2D eigenvalue weighted by atomic mass is 9.98. The number of nitriles is 1. The molecule has 0 saturated carbocycles. The number of hydrogen-bond acceptors (Lipinski definition) is 5. The van der Waals surface area contributed by atoms with Gasteiger partial charge in [-0.15, -0.1) is 0 Å². The standard InChI is InChI=1S/C17H20N4O3/c1-12(22)19-8-16-10-21(17(23)24-16)15-4-2-13(3-5-15)14-6-7-20(9-14)11-18/h2-5,14,16H,6-10H2,1H3,(H,19,22)/t14?,16-/m0/s1. The van der Waals surface area contributed by atoms with E-state index in [0.717, 1.165) is 25.2 Å². The van der Waals surface area contributed by atoms with Crippen LogP contribution in [-0.2, 0) is 9.53 Å². The number of nitrogens with one attached hydrogen (secondary N) is 1. The third-order valence-electron chi connectivity index (χ3n) is 4.46. The minimum absolute atomic E-state index is 0.142. The van der Waals surface area contributed by atoms with Crippen LogP contribution in [0.25, 0.3) is 0 Å². The van der Waals surface area contributed by atoms with Gasteiger partial charge in [-0.05, 0) is 24.1 Å². The summed E-state index contributed by atoms with van der Waals surface area (Å²) < 4.78 is 5.27. The second-order valence-corrected chi connectivity index (χ2v) is 6.18. The zero-order valence-corrected chi connectivity index (χ0v) is 13.6. The van der Waals surface area contributed by atoms with Crippen molar-refractivity contribution in [3.8, 4) is 6.19 Å². The van der Waals surface area contributed by atoms with Gasteiger partial charge in [0.25, 0.3) is 0 Å². The van der Waals surface area contributed by atoms with Crippen molar-refractivity contribution < 1.29 is 14.3 Å². The van der Waals surface area contributed by atoms with Crippen LogP contribution in [0.1, 0.15) is 24.8 Å². The Morgan fingerprint density at radius 1 is 1.38 bits per heavy atom. The monoisotopic (exact) mass is 328 g/mol. The number of likely N-dealkylation sites (tertiary alicyclic amines) is 1. The summed E-state index contributed by atoms with van der Waals surface area (Å²) in [5, 5.41) is 11.6. The molecular formula is C17H20N4O3. The fraction of sp³-hybridized carbons (Fsp3) is 0.471. The molecule has 2 atom stereocenters. The molecule has 1 aromatic rings. The molecule has 126 valence electrons. The summed E-state index contributed by atoms with van der Waals surface area (Å²) in [4.78, 5) is 26.3. The molecular weight excluding hydrogens is 308 g/mol. The van der Waals surface area contributed by atoms with Gasteiger partial charge in [0, 0.05) is 31.6 Å². The Balaban J connectivity index is 1.62. The maximum Gasteiger partial charge on any atom is 0.414 e. The molecule has 1 aromatic carbocycles. The molecule has 2 aliphatic rings. The number of nitrogens with zero attached hydrogens (tertiary/aromatic N) is 3. The molecule has 0 bridgehead atoms. The average Bonchev–Trinajstić information content (AvgIpc) is 3.19. The Morgan fingerprint density at radius 3 is 2.75 bits per heavy atom. The highest BCUT2D eigenvalue weighted by Gasteiger charge is 2.32. The van der Waals surface area contributed by atoms with Gasteiger partial charge in [-0.2, -0.15) is 5.26 Å². The van der Waals surface area contributed by atoms with Crippen molar-refractivity contribution in [2.45, 2.75) is 25.4 Å². The molecule has 3 rings (SSSR count). The number of carbonyl (C=O) groups excluding carboxylic acids is 2. The van der Waals surface area contributed by atoms with Gasteiger partial charge in [-0.25, -0.2) is 4.79 Å². The van der Waals surface area contributed by atoms with E-state index in [1.54, 1.807) is 9.80 Å². The summed E-state index contributed by atoms with van der Waals surface area (Å²) in [5.74, 6) is 0.216.